The minimum atomic E-state index is -0.379. The summed E-state index contributed by atoms with van der Waals surface area (Å²) in [6, 6.07) is 1.01. The van der Waals surface area contributed by atoms with Crippen molar-refractivity contribution in [1.82, 2.24) is 0 Å². The number of nitrogens with two attached hydrogens (primary N) is 1. The van der Waals surface area contributed by atoms with E-state index in [-0.39, 0.29) is 28.2 Å². The summed E-state index contributed by atoms with van der Waals surface area (Å²) in [5.41, 5.74) is 5.73. The maximum Gasteiger partial charge on any atom is 0.162 e. The molecule has 0 saturated carbocycles. The second-order valence-corrected chi connectivity index (χ2v) is 3.85. The number of halogens is 1. The van der Waals surface area contributed by atoms with Crippen molar-refractivity contribution in [3.63, 3.8) is 0 Å². The molecule has 0 spiro atoms. The van der Waals surface area contributed by atoms with Gasteiger partial charge in [0.2, 0.25) is 0 Å². The first-order valence-corrected chi connectivity index (χ1v) is 5.00. The molecule has 1 rings (SSSR count). The van der Waals surface area contributed by atoms with E-state index in [1.807, 2.05) is 6.92 Å². The van der Waals surface area contributed by atoms with Crippen LogP contribution in [0.25, 0.3) is 0 Å². The Hall–Kier alpha value is -1.13. The van der Waals surface area contributed by atoms with Crippen molar-refractivity contribution in [2.24, 2.45) is 5.73 Å². The van der Waals surface area contributed by atoms with Gasteiger partial charge in [0.15, 0.2) is 11.5 Å². The number of hydrogen-bond donors (Lipinski definition) is 4. The van der Waals surface area contributed by atoms with Crippen LogP contribution < -0.4 is 5.73 Å². The van der Waals surface area contributed by atoms with Crippen LogP contribution in [0.3, 0.4) is 0 Å². The molecule has 0 bridgehead atoms. The molecule has 0 saturated heterocycles. The summed E-state index contributed by atoms with van der Waals surface area (Å²) in [5.74, 6) is -1.04. The van der Waals surface area contributed by atoms with Crippen molar-refractivity contribution in [2.75, 3.05) is 6.54 Å². The zero-order valence-corrected chi connectivity index (χ0v) is 9.12. The van der Waals surface area contributed by atoms with Crippen molar-refractivity contribution >= 4 is 11.6 Å². The van der Waals surface area contributed by atoms with Gasteiger partial charge in [0, 0.05) is 11.6 Å². The Balaban J connectivity index is 3.26. The van der Waals surface area contributed by atoms with Gasteiger partial charge in [0.1, 0.15) is 5.75 Å². The maximum absolute atomic E-state index is 9.61. The van der Waals surface area contributed by atoms with Crippen LogP contribution in [0.1, 0.15) is 24.8 Å². The lowest BCUT2D eigenvalue weighted by molar-refractivity contribution is 0.388. The molecule has 84 valence electrons. The highest BCUT2D eigenvalue weighted by atomic mass is 35.5. The second-order valence-electron chi connectivity index (χ2n) is 3.47. The van der Waals surface area contributed by atoms with Crippen LogP contribution in [0.15, 0.2) is 6.07 Å². The zero-order chi connectivity index (χ0) is 11.6. The van der Waals surface area contributed by atoms with Gasteiger partial charge in [-0.3, -0.25) is 0 Å². The van der Waals surface area contributed by atoms with Gasteiger partial charge < -0.3 is 21.1 Å². The highest BCUT2D eigenvalue weighted by molar-refractivity contribution is 6.33. The molecule has 5 heteroatoms. The van der Waals surface area contributed by atoms with Gasteiger partial charge in [-0.05, 0) is 18.9 Å². The highest BCUT2D eigenvalue weighted by Gasteiger charge is 2.20. The Morgan fingerprint density at radius 2 is 1.93 bits per heavy atom. The third kappa shape index (κ3) is 2.27. The molecule has 0 amide bonds. The lowest BCUT2D eigenvalue weighted by atomic mass is 9.96. The van der Waals surface area contributed by atoms with E-state index in [1.54, 1.807) is 0 Å². The van der Waals surface area contributed by atoms with E-state index < -0.39 is 0 Å². The van der Waals surface area contributed by atoms with E-state index in [1.165, 1.54) is 0 Å². The average molecular weight is 232 g/mol. The fraction of sp³-hybridized carbons (Fsp3) is 0.400. The van der Waals surface area contributed by atoms with Gasteiger partial charge in [-0.2, -0.15) is 0 Å². The Bertz CT molecular complexity index is 342. The number of rotatable bonds is 3. The Labute approximate surface area is 92.9 Å². The molecule has 0 aliphatic heterocycles. The van der Waals surface area contributed by atoms with E-state index >= 15 is 0 Å². The normalized spacial score (nSPS) is 12.7. The summed E-state index contributed by atoms with van der Waals surface area (Å²) < 4.78 is 0. The van der Waals surface area contributed by atoms with Crippen molar-refractivity contribution in [3.8, 4) is 17.2 Å². The van der Waals surface area contributed by atoms with Gasteiger partial charge in [0.05, 0.1) is 5.02 Å². The minimum absolute atomic E-state index is 0.0613. The van der Waals surface area contributed by atoms with E-state index in [4.69, 9.17) is 17.3 Å². The summed E-state index contributed by atoms with van der Waals surface area (Å²) in [7, 11) is 0. The number of phenolic OH excluding ortho intramolecular Hbond substituents is 3. The Morgan fingerprint density at radius 1 is 1.33 bits per heavy atom. The molecule has 0 fully saturated rings. The molecular weight excluding hydrogens is 218 g/mol. The van der Waals surface area contributed by atoms with Crippen molar-refractivity contribution in [1.29, 1.82) is 0 Å². The number of phenols is 3. The Kier molecular flexibility index (Phi) is 3.66. The fourth-order valence-corrected chi connectivity index (χ4v) is 1.82. The lowest BCUT2D eigenvalue weighted by Gasteiger charge is -2.16. The van der Waals surface area contributed by atoms with Gasteiger partial charge in [-0.15, -0.1) is 0 Å². The SMILES string of the molecule is CC(CCN)c1c(O)c(O)cc(O)c1Cl. The molecule has 4 nitrogen and oxygen atoms in total. The summed E-state index contributed by atoms with van der Waals surface area (Å²) in [6.07, 6.45) is 0.607. The summed E-state index contributed by atoms with van der Waals surface area (Å²) >= 11 is 5.84. The molecule has 0 aliphatic rings. The maximum atomic E-state index is 9.61. The van der Waals surface area contributed by atoms with Gasteiger partial charge in [-0.1, -0.05) is 18.5 Å². The highest BCUT2D eigenvalue weighted by Crippen LogP contribution is 2.44. The first kappa shape index (κ1) is 11.9. The molecule has 1 aromatic carbocycles. The molecule has 1 aromatic rings. The van der Waals surface area contributed by atoms with Crippen LogP contribution in [-0.2, 0) is 0 Å². The average Bonchev–Trinajstić information content (AvgIpc) is 2.16. The molecule has 15 heavy (non-hydrogen) atoms. The smallest absolute Gasteiger partial charge is 0.162 e. The van der Waals surface area contributed by atoms with E-state index in [0.29, 0.717) is 18.5 Å². The monoisotopic (exact) mass is 231 g/mol. The standard InChI is InChI=1S/C10H14ClNO3/c1-5(2-3-12)8-9(11)6(13)4-7(14)10(8)15/h4-5,13-15H,2-3,12H2,1H3. The molecule has 0 aliphatic carbocycles. The molecule has 0 radical (unpaired) electrons. The van der Waals surface area contributed by atoms with Gasteiger partial charge in [0.25, 0.3) is 0 Å². The molecule has 1 atom stereocenters. The third-order valence-electron chi connectivity index (χ3n) is 2.33. The van der Waals surface area contributed by atoms with Crippen molar-refractivity contribution < 1.29 is 15.3 Å². The number of benzene rings is 1. The third-order valence-corrected chi connectivity index (χ3v) is 2.72. The van der Waals surface area contributed by atoms with Crippen LogP contribution in [0.4, 0.5) is 0 Å². The molecule has 5 N–H and O–H groups in total. The van der Waals surface area contributed by atoms with Crippen LogP contribution in [0.5, 0.6) is 17.2 Å². The largest absolute Gasteiger partial charge is 0.506 e. The minimum Gasteiger partial charge on any atom is -0.506 e. The first-order valence-electron chi connectivity index (χ1n) is 4.62. The molecule has 0 aromatic heterocycles. The molecule has 1 unspecified atom stereocenters. The number of hydrogen-bond acceptors (Lipinski definition) is 4. The Morgan fingerprint density at radius 3 is 2.47 bits per heavy atom. The summed E-state index contributed by atoms with van der Waals surface area (Å²) in [5, 5.41) is 28.4. The van der Waals surface area contributed by atoms with Crippen LogP contribution in [0, 0.1) is 0 Å². The zero-order valence-electron chi connectivity index (χ0n) is 8.37. The molecule has 0 heterocycles. The fourth-order valence-electron chi connectivity index (χ4n) is 1.49. The second kappa shape index (κ2) is 4.59. The van der Waals surface area contributed by atoms with Crippen LogP contribution >= 0.6 is 11.6 Å². The lowest BCUT2D eigenvalue weighted by Crippen LogP contribution is -2.05. The summed E-state index contributed by atoms with van der Waals surface area (Å²) in [6.45, 7) is 2.25. The quantitative estimate of drug-likeness (QED) is 0.473. The van der Waals surface area contributed by atoms with E-state index in [9.17, 15) is 15.3 Å². The van der Waals surface area contributed by atoms with E-state index in [2.05, 4.69) is 0 Å². The van der Waals surface area contributed by atoms with Gasteiger partial charge >= 0.3 is 0 Å². The predicted molar refractivity (Wildman–Crippen MR) is 58.5 cm³/mol. The van der Waals surface area contributed by atoms with Crippen LogP contribution in [-0.4, -0.2) is 21.9 Å². The first-order chi connectivity index (χ1) is 6.99. The molecular formula is C10H14ClNO3. The van der Waals surface area contributed by atoms with Crippen molar-refractivity contribution in [3.05, 3.63) is 16.7 Å². The number of aromatic hydroxyl groups is 3. The van der Waals surface area contributed by atoms with Crippen molar-refractivity contribution in [2.45, 2.75) is 19.3 Å². The topological polar surface area (TPSA) is 86.7 Å². The predicted octanol–water partition coefficient (Wildman–Crippen LogP) is 1.91. The van der Waals surface area contributed by atoms with Crippen LogP contribution in [0.2, 0.25) is 5.02 Å². The van der Waals surface area contributed by atoms with Gasteiger partial charge in [-0.25, -0.2) is 0 Å². The van der Waals surface area contributed by atoms with E-state index in [0.717, 1.165) is 6.07 Å². The summed E-state index contributed by atoms with van der Waals surface area (Å²) in [4.78, 5) is 0.